The number of hydrogen-bond donors (Lipinski definition) is 2. The molecule has 0 saturated carbocycles. The summed E-state index contributed by atoms with van der Waals surface area (Å²) in [5.74, 6) is 0. The number of rotatable bonds is 5. The molecule has 2 aromatic rings. The molecule has 0 radical (unpaired) electrons. The zero-order valence-corrected chi connectivity index (χ0v) is 20.4. The average Bonchev–Trinajstić information content (AvgIpc) is 2.88. The van der Waals surface area contributed by atoms with E-state index in [1.807, 2.05) is 46.8 Å². The Kier molecular flexibility index (Phi) is 6.73. The topological polar surface area (TPSA) is 78.9 Å². The number of carbonyl (C=O) groups is 1. The number of carbonyl (C=O) groups excluding carboxylic acids is 1. The molecule has 2 heterocycles. The van der Waals surface area contributed by atoms with Crippen molar-refractivity contribution in [1.29, 1.82) is 0 Å². The van der Waals surface area contributed by atoms with E-state index in [2.05, 4.69) is 5.32 Å². The molecule has 0 spiro atoms. The molecule has 2 unspecified atom stereocenters. The number of hydrogen-bond acceptors (Lipinski definition) is 4. The number of nitrogens with one attached hydrogen (secondary N) is 1. The SMILES string of the molecule is O=C1Nc2ccc(Cl)cc2C(O)(C2=CC=CCC2)N1Cc1ccc([S+]([O-])N2CCCCC2)cc1. The third-order valence-corrected chi connectivity index (χ3v) is 8.46. The van der Waals surface area contributed by atoms with Gasteiger partial charge in [-0.15, -0.1) is 4.31 Å². The second kappa shape index (κ2) is 9.76. The predicted octanol–water partition coefficient (Wildman–Crippen LogP) is 5.32. The molecule has 8 heteroatoms. The van der Waals surface area contributed by atoms with Crippen molar-refractivity contribution in [2.45, 2.75) is 49.3 Å². The van der Waals surface area contributed by atoms with E-state index in [-0.39, 0.29) is 12.6 Å². The molecule has 1 aliphatic carbocycles. The lowest BCUT2D eigenvalue weighted by Crippen LogP contribution is -2.55. The fraction of sp³-hybridized carbons (Fsp3) is 0.346. The number of aliphatic hydroxyl groups is 1. The third-order valence-electron chi connectivity index (χ3n) is 6.71. The highest BCUT2D eigenvalue weighted by atomic mass is 35.5. The molecule has 2 aromatic carbocycles. The Hall–Kier alpha value is -2.29. The Morgan fingerprint density at radius 3 is 2.59 bits per heavy atom. The molecule has 6 nitrogen and oxygen atoms in total. The Balaban J connectivity index is 1.45. The summed E-state index contributed by atoms with van der Waals surface area (Å²) >= 11 is 5.11. The van der Waals surface area contributed by atoms with Crippen LogP contribution in [-0.4, -0.2) is 38.0 Å². The van der Waals surface area contributed by atoms with E-state index in [1.165, 1.54) is 11.3 Å². The molecular weight excluding hydrogens is 470 g/mol. The quantitative estimate of drug-likeness (QED) is 0.548. The fourth-order valence-corrected chi connectivity index (χ4v) is 6.32. The molecule has 1 fully saturated rings. The van der Waals surface area contributed by atoms with Crippen LogP contribution < -0.4 is 5.32 Å². The highest BCUT2D eigenvalue weighted by Gasteiger charge is 2.47. The monoisotopic (exact) mass is 497 g/mol. The number of amides is 2. The molecule has 0 aromatic heterocycles. The zero-order valence-electron chi connectivity index (χ0n) is 18.9. The van der Waals surface area contributed by atoms with Crippen LogP contribution in [0.25, 0.3) is 0 Å². The number of anilines is 1. The second-order valence-electron chi connectivity index (χ2n) is 8.92. The van der Waals surface area contributed by atoms with Gasteiger partial charge in [-0.3, -0.25) is 4.90 Å². The second-order valence-corrected chi connectivity index (χ2v) is 10.8. The van der Waals surface area contributed by atoms with Gasteiger partial charge in [0.05, 0.1) is 23.6 Å². The summed E-state index contributed by atoms with van der Waals surface area (Å²) in [5, 5.41) is 15.5. The van der Waals surface area contributed by atoms with Gasteiger partial charge >= 0.3 is 6.03 Å². The molecule has 34 heavy (non-hydrogen) atoms. The van der Waals surface area contributed by atoms with Crippen molar-refractivity contribution in [2.24, 2.45) is 0 Å². The smallest absolute Gasteiger partial charge is 0.324 e. The van der Waals surface area contributed by atoms with Gasteiger partial charge in [-0.2, -0.15) is 0 Å². The predicted molar refractivity (Wildman–Crippen MR) is 135 cm³/mol. The van der Waals surface area contributed by atoms with Gasteiger partial charge in [0.25, 0.3) is 0 Å². The largest absolute Gasteiger partial charge is 0.593 e. The number of urea groups is 1. The highest BCUT2D eigenvalue weighted by Crippen LogP contribution is 2.45. The van der Waals surface area contributed by atoms with Gasteiger partial charge < -0.3 is 15.0 Å². The summed E-state index contributed by atoms with van der Waals surface area (Å²) < 4.78 is 14.9. The van der Waals surface area contributed by atoms with E-state index in [4.69, 9.17) is 11.6 Å². The van der Waals surface area contributed by atoms with Crippen LogP contribution in [0.15, 0.2) is 71.2 Å². The minimum absolute atomic E-state index is 0.186. The van der Waals surface area contributed by atoms with Gasteiger partial charge in [-0.1, -0.05) is 48.4 Å². The van der Waals surface area contributed by atoms with E-state index >= 15 is 0 Å². The fourth-order valence-electron chi connectivity index (χ4n) is 4.89. The number of nitrogens with zero attached hydrogens (tertiary/aromatic N) is 2. The van der Waals surface area contributed by atoms with Crippen LogP contribution >= 0.6 is 11.6 Å². The summed E-state index contributed by atoms with van der Waals surface area (Å²) in [6.45, 7) is 1.88. The average molecular weight is 498 g/mol. The van der Waals surface area contributed by atoms with Crippen molar-refractivity contribution in [3.05, 3.63) is 82.4 Å². The maximum Gasteiger partial charge on any atom is 0.324 e. The Labute approximate surface area is 208 Å². The lowest BCUT2D eigenvalue weighted by molar-refractivity contribution is -0.0626. The van der Waals surface area contributed by atoms with Crippen molar-refractivity contribution < 1.29 is 14.5 Å². The van der Waals surface area contributed by atoms with Crippen LogP contribution in [0.5, 0.6) is 0 Å². The van der Waals surface area contributed by atoms with E-state index in [0.717, 1.165) is 48.4 Å². The first-order chi connectivity index (χ1) is 16.5. The molecule has 178 valence electrons. The normalized spacial score (nSPS) is 23.8. The Morgan fingerprint density at radius 1 is 1.12 bits per heavy atom. The molecular formula is C26H28ClN3O3S. The van der Waals surface area contributed by atoms with Crippen LogP contribution in [0.1, 0.15) is 43.2 Å². The van der Waals surface area contributed by atoms with Crippen molar-refractivity contribution in [3.63, 3.8) is 0 Å². The van der Waals surface area contributed by atoms with E-state index in [0.29, 0.717) is 22.7 Å². The van der Waals surface area contributed by atoms with E-state index in [9.17, 15) is 14.5 Å². The number of fused-ring (bicyclic) bond motifs is 1. The summed E-state index contributed by atoms with van der Waals surface area (Å²) in [7, 11) is 0. The summed E-state index contributed by atoms with van der Waals surface area (Å²) in [5.41, 5.74) is 1.07. The van der Waals surface area contributed by atoms with Crippen LogP contribution in [-0.2, 0) is 23.6 Å². The van der Waals surface area contributed by atoms with Gasteiger partial charge in [0, 0.05) is 23.7 Å². The maximum absolute atomic E-state index is 13.2. The Morgan fingerprint density at radius 2 is 1.88 bits per heavy atom. The Bertz CT molecular complexity index is 1130. The van der Waals surface area contributed by atoms with Crippen molar-refractivity contribution in [2.75, 3.05) is 18.4 Å². The van der Waals surface area contributed by atoms with Gasteiger partial charge in [0.1, 0.15) is 0 Å². The lowest BCUT2D eigenvalue weighted by Gasteiger charge is -2.46. The number of piperidine rings is 1. The number of halogens is 1. The first kappa shape index (κ1) is 23.5. The molecule has 2 atom stereocenters. The van der Waals surface area contributed by atoms with Crippen molar-refractivity contribution >= 4 is 34.7 Å². The zero-order chi connectivity index (χ0) is 23.7. The molecule has 0 bridgehead atoms. The molecule has 2 amide bonds. The maximum atomic E-state index is 13.2. The van der Waals surface area contributed by atoms with Crippen LogP contribution in [0, 0.1) is 0 Å². The van der Waals surface area contributed by atoms with Crippen LogP contribution in [0.2, 0.25) is 5.02 Å². The van der Waals surface area contributed by atoms with Gasteiger partial charge in [0.15, 0.2) is 10.6 Å². The van der Waals surface area contributed by atoms with E-state index < -0.39 is 17.1 Å². The molecule has 3 aliphatic rings. The lowest BCUT2D eigenvalue weighted by atomic mass is 9.85. The van der Waals surface area contributed by atoms with E-state index in [1.54, 1.807) is 18.2 Å². The first-order valence-corrected chi connectivity index (χ1v) is 13.2. The summed E-state index contributed by atoms with van der Waals surface area (Å²) in [6.07, 6.45) is 10.6. The molecule has 2 N–H and O–H groups in total. The van der Waals surface area contributed by atoms with Crippen molar-refractivity contribution in [3.8, 4) is 0 Å². The minimum atomic E-state index is -1.62. The number of allylic oxidation sites excluding steroid dienone is 3. The third kappa shape index (κ3) is 4.39. The van der Waals surface area contributed by atoms with Gasteiger partial charge in [-0.25, -0.2) is 4.79 Å². The van der Waals surface area contributed by atoms with Crippen LogP contribution in [0.3, 0.4) is 0 Å². The number of benzene rings is 2. The van der Waals surface area contributed by atoms with Gasteiger partial charge in [0.2, 0.25) is 0 Å². The summed E-state index contributed by atoms with van der Waals surface area (Å²) in [4.78, 5) is 15.4. The van der Waals surface area contributed by atoms with Crippen LogP contribution in [0.4, 0.5) is 10.5 Å². The minimum Gasteiger partial charge on any atom is -0.593 e. The van der Waals surface area contributed by atoms with Gasteiger partial charge in [-0.05, 0) is 67.2 Å². The molecule has 2 aliphatic heterocycles. The molecule has 1 saturated heterocycles. The highest BCUT2D eigenvalue weighted by molar-refractivity contribution is 7.89. The molecule has 5 rings (SSSR count). The standard InChI is InChI=1S/C26H28ClN3O3S/c27-21-11-14-24-23(17-21)26(32,20-7-3-1-4-8-20)30(25(31)28-24)18-19-9-12-22(13-10-19)34(33)29-15-5-2-6-16-29/h1,3,7,9-14,17,32H,2,4-6,8,15-16,18H2,(H,28,31). The first-order valence-electron chi connectivity index (χ1n) is 11.7. The van der Waals surface area contributed by atoms with Crippen molar-refractivity contribution in [1.82, 2.24) is 9.21 Å². The summed E-state index contributed by atoms with van der Waals surface area (Å²) in [6, 6.07) is 12.2.